The van der Waals surface area contributed by atoms with Gasteiger partial charge in [-0.05, 0) is 128 Å². The summed E-state index contributed by atoms with van der Waals surface area (Å²) in [5.74, 6) is 0. The molecule has 0 fully saturated rings. The Morgan fingerprint density at radius 2 is 0.850 bits per heavy atom. The monoisotopic (exact) mass is 778 g/mol. The van der Waals surface area contributed by atoms with E-state index in [0.717, 1.165) is 0 Å². The molecule has 13 rings (SSSR count). The fourth-order valence-electron chi connectivity index (χ4n) is 10.9. The first-order valence-electron chi connectivity index (χ1n) is 21.0. The Balaban J connectivity index is 1.03. The fourth-order valence-corrected chi connectivity index (χ4v) is 12.1. The summed E-state index contributed by atoms with van der Waals surface area (Å²) in [7, 11) is 0. The minimum Gasteiger partial charge on any atom is -0.135 e. The van der Waals surface area contributed by atoms with Crippen molar-refractivity contribution >= 4 is 85.4 Å². The molecule has 0 radical (unpaired) electrons. The lowest BCUT2D eigenvalue weighted by molar-refractivity contribution is 0.661. The van der Waals surface area contributed by atoms with Crippen LogP contribution in [0, 0.1) is 0 Å². The van der Waals surface area contributed by atoms with Gasteiger partial charge in [-0.1, -0.05) is 190 Å². The van der Waals surface area contributed by atoms with Crippen molar-refractivity contribution in [2.45, 2.75) is 19.3 Å². The average Bonchev–Trinajstić information content (AvgIpc) is 3.79. The van der Waals surface area contributed by atoms with Crippen LogP contribution in [0.15, 0.2) is 194 Å². The molecule has 0 atom stereocenters. The highest BCUT2D eigenvalue weighted by molar-refractivity contribution is 7.26. The zero-order chi connectivity index (χ0) is 39.7. The molecule has 11 aromatic carbocycles. The molecule has 12 aromatic rings. The van der Waals surface area contributed by atoms with Gasteiger partial charge >= 0.3 is 0 Å². The molecule has 1 heteroatoms. The fraction of sp³-hybridized carbons (Fsp3) is 0.0508. The van der Waals surface area contributed by atoms with Crippen LogP contribution < -0.4 is 0 Å². The predicted octanol–water partition coefficient (Wildman–Crippen LogP) is 17.1. The van der Waals surface area contributed by atoms with Gasteiger partial charge in [-0.3, -0.25) is 0 Å². The van der Waals surface area contributed by atoms with Gasteiger partial charge in [0.1, 0.15) is 0 Å². The normalized spacial score (nSPS) is 13.3. The van der Waals surface area contributed by atoms with E-state index >= 15 is 0 Å². The molecule has 1 heterocycles. The second-order valence-corrected chi connectivity index (χ2v) is 18.2. The maximum atomic E-state index is 2.50. The Labute approximate surface area is 352 Å². The van der Waals surface area contributed by atoms with E-state index < -0.39 is 0 Å². The molecule has 0 spiro atoms. The molecule has 1 aliphatic carbocycles. The van der Waals surface area contributed by atoms with Gasteiger partial charge in [0, 0.05) is 25.6 Å². The number of thiophene rings is 1. The second-order valence-electron chi connectivity index (χ2n) is 17.1. The molecule has 0 N–H and O–H groups in total. The highest BCUT2D eigenvalue weighted by atomic mass is 32.1. The van der Waals surface area contributed by atoms with Crippen molar-refractivity contribution < 1.29 is 0 Å². The van der Waals surface area contributed by atoms with Crippen molar-refractivity contribution in [3.63, 3.8) is 0 Å². The van der Waals surface area contributed by atoms with E-state index in [1.807, 2.05) is 11.3 Å². The number of hydrogen-bond donors (Lipinski definition) is 0. The van der Waals surface area contributed by atoms with E-state index in [2.05, 4.69) is 208 Å². The Kier molecular flexibility index (Phi) is 7.04. The van der Waals surface area contributed by atoms with Gasteiger partial charge in [0.15, 0.2) is 0 Å². The van der Waals surface area contributed by atoms with Crippen LogP contribution >= 0.6 is 11.3 Å². The average molecular weight is 779 g/mol. The van der Waals surface area contributed by atoms with Gasteiger partial charge in [0.25, 0.3) is 0 Å². The van der Waals surface area contributed by atoms with Gasteiger partial charge in [-0.2, -0.15) is 0 Å². The van der Waals surface area contributed by atoms with Crippen LogP contribution in [-0.4, -0.2) is 0 Å². The van der Waals surface area contributed by atoms with E-state index in [1.165, 1.54) is 130 Å². The third-order valence-corrected chi connectivity index (χ3v) is 14.8. The van der Waals surface area contributed by atoms with Crippen LogP contribution in [0.1, 0.15) is 25.0 Å². The lowest BCUT2D eigenvalue weighted by Gasteiger charge is -2.23. The number of fused-ring (bicyclic) bond motifs is 13. The van der Waals surface area contributed by atoms with Crippen molar-refractivity contribution in [3.05, 3.63) is 205 Å². The Morgan fingerprint density at radius 1 is 0.317 bits per heavy atom. The Hall–Kier alpha value is -7.06. The van der Waals surface area contributed by atoms with Crippen molar-refractivity contribution in [3.8, 4) is 44.5 Å². The highest BCUT2D eigenvalue weighted by Gasteiger charge is 2.37. The summed E-state index contributed by atoms with van der Waals surface area (Å²) in [6.07, 6.45) is 0. The molecule has 0 aliphatic heterocycles. The molecule has 0 amide bonds. The number of benzene rings is 11. The first kappa shape index (κ1) is 33.9. The molecule has 0 bridgehead atoms. The zero-order valence-corrected chi connectivity index (χ0v) is 34.2. The summed E-state index contributed by atoms with van der Waals surface area (Å²) in [6.45, 7) is 4.83. The van der Waals surface area contributed by atoms with Crippen LogP contribution in [0.2, 0.25) is 0 Å². The third kappa shape index (κ3) is 4.61. The van der Waals surface area contributed by atoms with Crippen LogP contribution in [0.3, 0.4) is 0 Å². The summed E-state index contributed by atoms with van der Waals surface area (Å²) < 4.78 is 2.71. The largest absolute Gasteiger partial charge is 0.135 e. The Bertz CT molecular complexity index is 3740. The van der Waals surface area contributed by atoms with Crippen molar-refractivity contribution in [1.29, 1.82) is 0 Å². The zero-order valence-electron chi connectivity index (χ0n) is 33.4. The van der Waals surface area contributed by atoms with E-state index in [0.29, 0.717) is 0 Å². The van der Waals surface area contributed by atoms with Crippen molar-refractivity contribution in [2.75, 3.05) is 0 Å². The molecule has 1 aliphatic rings. The molecular formula is C59H38S. The van der Waals surface area contributed by atoms with E-state index in [-0.39, 0.29) is 5.41 Å². The van der Waals surface area contributed by atoms with Gasteiger partial charge < -0.3 is 0 Å². The molecule has 0 saturated carbocycles. The Morgan fingerprint density at radius 3 is 1.57 bits per heavy atom. The van der Waals surface area contributed by atoms with Crippen LogP contribution in [-0.2, 0) is 5.41 Å². The standard InChI is InChI=1S/C59H38S/c1-59(2)50-32-27-36-28-33-53-58(49-23-11-12-25-52(49)60-53)54(36)57(50)48-29-26-37(34-51(48)59)39-30-31-47(41-18-6-5-17-40(39)41)56-45-21-9-7-19-43(45)55(44-20-8-10-22-46(44)56)42-24-13-15-35-14-3-4-16-38(35)42/h3-34H,1-2H3. The van der Waals surface area contributed by atoms with Crippen LogP contribution in [0.4, 0.5) is 0 Å². The van der Waals surface area contributed by atoms with Gasteiger partial charge in [-0.25, -0.2) is 0 Å². The minimum absolute atomic E-state index is 0.151. The van der Waals surface area contributed by atoms with E-state index in [9.17, 15) is 0 Å². The highest BCUT2D eigenvalue weighted by Crippen LogP contribution is 2.55. The first-order valence-corrected chi connectivity index (χ1v) is 21.8. The second kappa shape index (κ2) is 12.5. The maximum Gasteiger partial charge on any atom is 0.0362 e. The van der Waals surface area contributed by atoms with Crippen LogP contribution in [0.25, 0.3) is 119 Å². The number of hydrogen-bond acceptors (Lipinski definition) is 1. The third-order valence-electron chi connectivity index (χ3n) is 13.7. The smallest absolute Gasteiger partial charge is 0.0362 e. The van der Waals surface area contributed by atoms with Crippen molar-refractivity contribution in [1.82, 2.24) is 0 Å². The van der Waals surface area contributed by atoms with E-state index in [4.69, 9.17) is 0 Å². The SMILES string of the molecule is CC1(C)c2cc(-c3ccc(-c4c5ccccc5c(-c5cccc6ccccc56)c5ccccc45)c4ccccc34)ccc2-c2c1ccc1ccc3sc4ccccc4c3c21. The molecule has 0 nitrogen and oxygen atoms in total. The predicted molar refractivity (Wildman–Crippen MR) is 261 cm³/mol. The molecule has 0 saturated heterocycles. The molecule has 60 heavy (non-hydrogen) atoms. The molecular weight excluding hydrogens is 741 g/mol. The molecule has 280 valence electrons. The molecule has 0 unspecified atom stereocenters. The summed E-state index contributed by atoms with van der Waals surface area (Å²) >= 11 is 1.90. The number of rotatable bonds is 3. The van der Waals surface area contributed by atoms with Crippen molar-refractivity contribution in [2.24, 2.45) is 0 Å². The summed E-state index contributed by atoms with van der Waals surface area (Å²) in [5.41, 5.74) is 13.1. The summed E-state index contributed by atoms with van der Waals surface area (Å²) in [5, 5.41) is 15.6. The topological polar surface area (TPSA) is 0 Å². The van der Waals surface area contributed by atoms with Gasteiger partial charge in [-0.15, -0.1) is 11.3 Å². The molecule has 1 aromatic heterocycles. The maximum absolute atomic E-state index is 2.50. The quantitative estimate of drug-likeness (QED) is 0.157. The minimum atomic E-state index is -0.151. The first-order chi connectivity index (χ1) is 29.5. The summed E-state index contributed by atoms with van der Waals surface area (Å²) in [6, 6.07) is 73.0. The van der Waals surface area contributed by atoms with Gasteiger partial charge in [0.2, 0.25) is 0 Å². The van der Waals surface area contributed by atoms with Crippen LogP contribution in [0.5, 0.6) is 0 Å². The lowest BCUT2D eigenvalue weighted by Crippen LogP contribution is -2.15. The lowest BCUT2D eigenvalue weighted by atomic mass is 9.80. The summed E-state index contributed by atoms with van der Waals surface area (Å²) in [4.78, 5) is 0. The van der Waals surface area contributed by atoms with E-state index in [1.54, 1.807) is 0 Å². The van der Waals surface area contributed by atoms with Gasteiger partial charge in [0.05, 0.1) is 0 Å².